The molecule has 0 aliphatic rings. The van der Waals surface area contributed by atoms with Gasteiger partial charge in [0.05, 0.1) is 4.92 Å². The SMILES string of the molecule is CCCNC(=O)c1nn(C)c(Oc2ccc([N+](=O)[O-])cc2S(=O)(=O)N[C@H](C)CC)c1C. The molecule has 0 fully saturated rings. The van der Waals surface area contributed by atoms with Crippen molar-refractivity contribution < 1.29 is 22.9 Å². The van der Waals surface area contributed by atoms with Gasteiger partial charge in [-0.1, -0.05) is 13.8 Å². The molecule has 0 saturated carbocycles. The van der Waals surface area contributed by atoms with Gasteiger partial charge < -0.3 is 10.1 Å². The smallest absolute Gasteiger partial charge is 0.272 e. The zero-order valence-electron chi connectivity index (χ0n) is 18.1. The number of hydrogen-bond acceptors (Lipinski definition) is 7. The molecule has 0 saturated heterocycles. The number of rotatable bonds is 10. The van der Waals surface area contributed by atoms with Gasteiger partial charge in [-0.3, -0.25) is 14.9 Å². The first kappa shape index (κ1) is 24.3. The minimum atomic E-state index is -4.11. The molecule has 2 rings (SSSR count). The fourth-order valence-electron chi connectivity index (χ4n) is 2.72. The van der Waals surface area contributed by atoms with Crippen LogP contribution < -0.4 is 14.8 Å². The van der Waals surface area contributed by atoms with Crippen LogP contribution in [0, 0.1) is 17.0 Å². The lowest BCUT2D eigenvalue weighted by Gasteiger charge is -2.15. The molecular formula is C19H27N5O6S. The summed E-state index contributed by atoms with van der Waals surface area (Å²) in [6, 6.07) is 2.93. The highest BCUT2D eigenvalue weighted by atomic mass is 32.2. The molecule has 1 aromatic heterocycles. The molecule has 170 valence electrons. The molecule has 1 aromatic carbocycles. The molecule has 1 amide bonds. The Labute approximate surface area is 181 Å². The number of nitro groups is 1. The molecule has 0 radical (unpaired) electrons. The maximum atomic E-state index is 12.9. The maximum Gasteiger partial charge on any atom is 0.272 e. The van der Waals surface area contributed by atoms with Crippen LogP contribution in [-0.2, 0) is 17.1 Å². The summed E-state index contributed by atoms with van der Waals surface area (Å²) in [7, 11) is -2.56. The normalized spacial score (nSPS) is 12.4. The Morgan fingerprint density at radius 1 is 1.35 bits per heavy atom. The molecule has 1 heterocycles. The van der Waals surface area contributed by atoms with Crippen molar-refractivity contribution in [2.24, 2.45) is 7.05 Å². The van der Waals surface area contributed by atoms with Gasteiger partial charge in [-0.2, -0.15) is 5.10 Å². The highest BCUT2D eigenvalue weighted by Gasteiger charge is 2.27. The van der Waals surface area contributed by atoms with E-state index in [1.165, 1.54) is 10.7 Å². The fraction of sp³-hybridized carbons (Fsp3) is 0.474. The lowest BCUT2D eigenvalue weighted by Crippen LogP contribution is -2.32. The number of ether oxygens (including phenoxy) is 1. The number of nitrogens with one attached hydrogen (secondary N) is 2. The van der Waals surface area contributed by atoms with E-state index < -0.39 is 20.6 Å². The van der Waals surface area contributed by atoms with E-state index in [2.05, 4.69) is 15.1 Å². The van der Waals surface area contributed by atoms with E-state index in [0.717, 1.165) is 18.6 Å². The first-order chi connectivity index (χ1) is 14.5. The van der Waals surface area contributed by atoms with Crippen molar-refractivity contribution in [2.45, 2.75) is 51.5 Å². The van der Waals surface area contributed by atoms with Crippen molar-refractivity contribution in [2.75, 3.05) is 6.54 Å². The van der Waals surface area contributed by atoms with Crippen molar-refractivity contribution in [3.8, 4) is 11.6 Å². The van der Waals surface area contributed by atoms with Crippen LogP contribution in [-0.4, -0.2) is 41.6 Å². The molecule has 11 nitrogen and oxygen atoms in total. The Hall–Kier alpha value is -2.99. The molecule has 0 aliphatic heterocycles. The summed E-state index contributed by atoms with van der Waals surface area (Å²) < 4.78 is 35.4. The van der Waals surface area contributed by atoms with E-state index in [9.17, 15) is 23.3 Å². The Morgan fingerprint density at radius 2 is 2.03 bits per heavy atom. The summed E-state index contributed by atoms with van der Waals surface area (Å²) in [6.45, 7) is 7.52. The average Bonchev–Trinajstić information content (AvgIpc) is 2.99. The second-order valence-corrected chi connectivity index (χ2v) is 8.76. The van der Waals surface area contributed by atoms with Gasteiger partial charge in [-0.25, -0.2) is 17.8 Å². The second kappa shape index (κ2) is 9.88. The van der Waals surface area contributed by atoms with Gasteiger partial charge >= 0.3 is 0 Å². The van der Waals surface area contributed by atoms with Gasteiger partial charge in [-0.15, -0.1) is 0 Å². The predicted octanol–water partition coefficient (Wildman–Crippen LogP) is 2.65. The molecule has 2 N–H and O–H groups in total. The van der Waals surface area contributed by atoms with Crippen LogP contribution in [0.3, 0.4) is 0 Å². The minimum Gasteiger partial charge on any atom is -0.438 e. The summed E-state index contributed by atoms with van der Waals surface area (Å²) in [4.78, 5) is 22.5. The van der Waals surface area contributed by atoms with Gasteiger partial charge in [0.15, 0.2) is 5.69 Å². The molecule has 1 atom stereocenters. The van der Waals surface area contributed by atoms with Gasteiger partial charge in [-0.05, 0) is 32.8 Å². The van der Waals surface area contributed by atoms with E-state index in [1.54, 1.807) is 20.9 Å². The Bertz CT molecular complexity index is 1080. The van der Waals surface area contributed by atoms with E-state index in [-0.39, 0.29) is 34.2 Å². The number of nitro benzene ring substituents is 1. The van der Waals surface area contributed by atoms with Crippen LogP contribution in [0.1, 0.15) is 49.7 Å². The fourth-order valence-corrected chi connectivity index (χ4v) is 4.19. The van der Waals surface area contributed by atoms with E-state index in [0.29, 0.717) is 18.5 Å². The second-order valence-electron chi connectivity index (χ2n) is 7.08. The standard InChI is InChI=1S/C19H27N5O6S/c1-6-10-20-18(25)17-13(4)19(23(5)21-17)30-15-9-8-14(24(26)27)11-16(15)31(28,29)22-12(3)7-2/h8-9,11-12,22H,6-7,10H2,1-5H3,(H,20,25)/t12-/m1/s1. The van der Waals surface area contributed by atoms with Crippen molar-refractivity contribution >= 4 is 21.6 Å². The summed E-state index contributed by atoms with van der Waals surface area (Å²) in [5.74, 6) is -0.344. The molecule has 0 spiro atoms. The van der Waals surface area contributed by atoms with Crippen LogP contribution in [0.5, 0.6) is 11.6 Å². The monoisotopic (exact) mass is 453 g/mol. The minimum absolute atomic E-state index is 0.118. The van der Waals surface area contributed by atoms with Crippen LogP contribution >= 0.6 is 0 Å². The molecule has 0 unspecified atom stereocenters. The highest BCUT2D eigenvalue weighted by molar-refractivity contribution is 7.89. The van der Waals surface area contributed by atoms with E-state index in [4.69, 9.17) is 4.74 Å². The van der Waals surface area contributed by atoms with Crippen LogP contribution in [0.2, 0.25) is 0 Å². The van der Waals surface area contributed by atoms with Crippen molar-refractivity contribution in [3.05, 3.63) is 39.6 Å². The largest absolute Gasteiger partial charge is 0.438 e. The van der Waals surface area contributed by atoms with Gasteiger partial charge in [0.2, 0.25) is 15.9 Å². The summed E-state index contributed by atoms with van der Waals surface area (Å²) in [5, 5.41) is 18.1. The number of hydrogen-bond donors (Lipinski definition) is 2. The number of benzene rings is 1. The lowest BCUT2D eigenvalue weighted by molar-refractivity contribution is -0.385. The summed E-state index contributed by atoms with van der Waals surface area (Å²) >= 11 is 0. The zero-order valence-corrected chi connectivity index (χ0v) is 18.9. The number of aromatic nitrogens is 2. The molecule has 2 aromatic rings. The number of sulfonamides is 1. The van der Waals surface area contributed by atoms with E-state index in [1.807, 2.05) is 13.8 Å². The summed E-state index contributed by atoms with van der Waals surface area (Å²) in [6.07, 6.45) is 1.29. The third-order valence-corrected chi connectivity index (χ3v) is 6.18. The van der Waals surface area contributed by atoms with Crippen molar-refractivity contribution in [3.63, 3.8) is 0 Å². The van der Waals surface area contributed by atoms with Crippen molar-refractivity contribution in [1.82, 2.24) is 19.8 Å². The average molecular weight is 454 g/mol. The Kier molecular flexibility index (Phi) is 7.74. The summed E-state index contributed by atoms with van der Waals surface area (Å²) in [5.41, 5.74) is 0.168. The topological polar surface area (TPSA) is 145 Å². The van der Waals surface area contributed by atoms with Gasteiger partial charge in [0.1, 0.15) is 10.6 Å². The molecular weight excluding hydrogens is 426 g/mol. The quantitative estimate of drug-likeness (QED) is 0.415. The predicted molar refractivity (Wildman–Crippen MR) is 114 cm³/mol. The van der Waals surface area contributed by atoms with Gasteiger partial charge in [0, 0.05) is 37.3 Å². The zero-order chi connectivity index (χ0) is 23.3. The number of aryl methyl sites for hydroxylation is 1. The van der Waals surface area contributed by atoms with Crippen LogP contribution in [0.25, 0.3) is 0 Å². The first-order valence-corrected chi connectivity index (χ1v) is 11.3. The lowest BCUT2D eigenvalue weighted by atomic mass is 10.2. The number of carbonyl (C=O) groups excluding carboxylic acids is 1. The number of non-ortho nitro benzene ring substituents is 1. The number of amides is 1. The van der Waals surface area contributed by atoms with Gasteiger partial charge in [0.25, 0.3) is 11.6 Å². The third-order valence-electron chi connectivity index (χ3n) is 4.57. The number of nitrogens with zero attached hydrogens (tertiary/aromatic N) is 3. The third kappa shape index (κ3) is 5.58. The maximum absolute atomic E-state index is 12.9. The van der Waals surface area contributed by atoms with Crippen LogP contribution in [0.15, 0.2) is 23.1 Å². The molecule has 0 bridgehead atoms. The Morgan fingerprint density at radius 3 is 2.61 bits per heavy atom. The van der Waals surface area contributed by atoms with Crippen LogP contribution in [0.4, 0.5) is 5.69 Å². The molecule has 0 aliphatic carbocycles. The van der Waals surface area contributed by atoms with Crippen molar-refractivity contribution in [1.29, 1.82) is 0 Å². The molecule has 12 heteroatoms. The Balaban J connectivity index is 2.52. The first-order valence-electron chi connectivity index (χ1n) is 9.82. The van der Waals surface area contributed by atoms with E-state index >= 15 is 0 Å². The number of carbonyl (C=O) groups is 1. The highest BCUT2D eigenvalue weighted by Crippen LogP contribution is 2.34. The molecule has 31 heavy (non-hydrogen) atoms.